The van der Waals surface area contributed by atoms with Crippen molar-refractivity contribution < 1.29 is 4.79 Å². The first kappa shape index (κ1) is 16.8. The van der Waals surface area contributed by atoms with Gasteiger partial charge in [0.15, 0.2) is 0 Å². The fraction of sp³-hybridized carbons (Fsp3) is 0.917. The molecule has 0 radical (unpaired) electrons. The van der Waals surface area contributed by atoms with Gasteiger partial charge >= 0.3 is 0 Å². The molecule has 1 amide bonds. The van der Waals surface area contributed by atoms with E-state index in [1.54, 1.807) is 7.05 Å². The Labute approximate surface area is 95.2 Å². The van der Waals surface area contributed by atoms with Gasteiger partial charge in [-0.2, -0.15) is 0 Å². The fourth-order valence-corrected chi connectivity index (χ4v) is 1.47. The molecule has 92 valence electrons. The zero-order valence-corrected chi connectivity index (χ0v) is 11.3. The quantitative estimate of drug-likeness (QED) is 0.728. The highest BCUT2D eigenvalue weighted by molar-refractivity contribution is 5.78. The summed E-state index contributed by atoms with van der Waals surface area (Å²) in [6, 6.07) is 0. The summed E-state index contributed by atoms with van der Waals surface area (Å²) < 4.78 is 0. The van der Waals surface area contributed by atoms with Crippen molar-refractivity contribution in [3.63, 3.8) is 0 Å². The van der Waals surface area contributed by atoms with Crippen LogP contribution in [0.4, 0.5) is 0 Å². The van der Waals surface area contributed by atoms with E-state index >= 15 is 0 Å². The van der Waals surface area contributed by atoms with E-state index in [0.29, 0.717) is 0 Å². The highest BCUT2D eigenvalue weighted by atomic mass is 16.1. The summed E-state index contributed by atoms with van der Waals surface area (Å²) in [5.41, 5.74) is 0. The second kappa shape index (κ2) is 11.5. The van der Waals surface area contributed by atoms with Crippen molar-refractivity contribution in [3.05, 3.63) is 0 Å². The summed E-state index contributed by atoms with van der Waals surface area (Å²) in [7, 11) is 3.81. The van der Waals surface area contributed by atoms with Crippen LogP contribution in [-0.2, 0) is 4.79 Å². The van der Waals surface area contributed by atoms with Gasteiger partial charge in [0, 0.05) is 13.0 Å². The van der Waals surface area contributed by atoms with Crippen molar-refractivity contribution in [3.8, 4) is 0 Å². The minimum Gasteiger partial charge on any atom is -0.359 e. The molecule has 1 rings (SSSR count). The molecule has 3 heteroatoms. The lowest BCUT2D eigenvalue weighted by Crippen LogP contribution is -2.37. The molecule has 1 heterocycles. The molecule has 0 saturated carbocycles. The van der Waals surface area contributed by atoms with Crippen LogP contribution in [0.5, 0.6) is 0 Å². The number of hydrogen-bond acceptors (Lipinski definition) is 2. The number of nitrogens with zero attached hydrogens (tertiary/aromatic N) is 1. The van der Waals surface area contributed by atoms with Gasteiger partial charge in [0.25, 0.3) is 0 Å². The molecule has 0 atom stereocenters. The van der Waals surface area contributed by atoms with Gasteiger partial charge in [-0.05, 0) is 33.0 Å². The minimum absolute atomic E-state index is 0.207. The zero-order valence-electron chi connectivity index (χ0n) is 11.3. The summed E-state index contributed by atoms with van der Waals surface area (Å²) >= 11 is 0. The van der Waals surface area contributed by atoms with E-state index in [1.807, 2.05) is 27.7 Å². The molecular weight excluding hydrogens is 188 g/mol. The molecule has 1 N–H and O–H groups in total. The van der Waals surface area contributed by atoms with Crippen molar-refractivity contribution >= 4 is 5.91 Å². The molecule has 0 aromatic rings. The Morgan fingerprint density at radius 3 is 1.87 bits per heavy atom. The second-order valence-electron chi connectivity index (χ2n) is 3.19. The van der Waals surface area contributed by atoms with Crippen LogP contribution in [0, 0.1) is 5.92 Å². The monoisotopic (exact) mass is 216 g/mol. The van der Waals surface area contributed by atoms with E-state index in [2.05, 4.69) is 17.3 Å². The maximum Gasteiger partial charge on any atom is 0.222 e. The van der Waals surface area contributed by atoms with Gasteiger partial charge in [-0.3, -0.25) is 4.79 Å². The van der Waals surface area contributed by atoms with Crippen LogP contribution in [0.2, 0.25) is 0 Å². The number of rotatable bonds is 1. The number of piperidine rings is 1. The number of likely N-dealkylation sites (tertiary alicyclic amines) is 1. The predicted molar refractivity (Wildman–Crippen MR) is 67.0 cm³/mol. The number of hydrogen-bond donors (Lipinski definition) is 1. The first-order chi connectivity index (χ1) is 7.24. The first-order valence-corrected chi connectivity index (χ1v) is 6.14. The van der Waals surface area contributed by atoms with Crippen molar-refractivity contribution in [2.75, 3.05) is 27.2 Å². The molecule has 1 saturated heterocycles. The smallest absolute Gasteiger partial charge is 0.222 e. The first-order valence-electron chi connectivity index (χ1n) is 6.14. The van der Waals surface area contributed by atoms with Gasteiger partial charge in [-0.25, -0.2) is 0 Å². The van der Waals surface area contributed by atoms with Crippen LogP contribution in [0.1, 0.15) is 40.5 Å². The number of amides is 1. The van der Waals surface area contributed by atoms with E-state index in [4.69, 9.17) is 0 Å². The summed E-state index contributed by atoms with van der Waals surface area (Å²) in [5.74, 6) is 0.467. The molecule has 1 fully saturated rings. The zero-order chi connectivity index (χ0) is 12.3. The molecule has 1 aliphatic rings. The number of carbonyl (C=O) groups is 1. The number of carbonyl (C=O) groups excluding carboxylic acids is 1. The van der Waals surface area contributed by atoms with Crippen LogP contribution in [-0.4, -0.2) is 38.0 Å². The van der Waals surface area contributed by atoms with Gasteiger partial charge in [-0.1, -0.05) is 27.7 Å². The Hall–Kier alpha value is -0.570. The van der Waals surface area contributed by atoms with Gasteiger partial charge < -0.3 is 10.2 Å². The maximum atomic E-state index is 11.1. The van der Waals surface area contributed by atoms with Gasteiger partial charge in [0.05, 0.1) is 0 Å². The third-order valence-electron chi connectivity index (χ3n) is 2.34. The molecule has 0 bridgehead atoms. The van der Waals surface area contributed by atoms with Crippen LogP contribution in [0.15, 0.2) is 0 Å². The second-order valence-corrected chi connectivity index (χ2v) is 3.19. The van der Waals surface area contributed by atoms with Crippen LogP contribution in [0.25, 0.3) is 0 Å². The van der Waals surface area contributed by atoms with Gasteiger partial charge in [-0.15, -0.1) is 0 Å². The third kappa shape index (κ3) is 7.37. The molecule has 1 aliphatic heterocycles. The Morgan fingerprint density at radius 1 is 1.13 bits per heavy atom. The molecule has 3 nitrogen and oxygen atoms in total. The minimum atomic E-state index is 0.207. The Kier molecular flexibility index (Phi) is 12.9. The summed E-state index contributed by atoms with van der Waals surface area (Å²) in [5, 5.41) is 2.69. The van der Waals surface area contributed by atoms with Crippen LogP contribution < -0.4 is 5.32 Å². The van der Waals surface area contributed by atoms with E-state index in [-0.39, 0.29) is 11.8 Å². The molecule has 0 unspecified atom stereocenters. The molecule has 0 aromatic heterocycles. The lowest BCUT2D eigenvalue weighted by molar-refractivity contribution is -0.125. The largest absolute Gasteiger partial charge is 0.359 e. The molecule has 15 heavy (non-hydrogen) atoms. The molecule has 0 aromatic carbocycles. The Morgan fingerprint density at radius 2 is 1.53 bits per heavy atom. The lowest BCUT2D eigenvalue weighted by atomic mass is 9.96. The summed E-state index contributed by atoms with van der Waals surface area (Å²) in [6.45, 7) is 10.1. The van der Waals surface area contributed by atoms with Crippen molar-refractivity contribution in [1.29, 1.82) is 0 Å². The van der Waals surface area contributed by atoms with Crippen molar-refractivity contribution in [2.24, 2.45) is 5.92 Å². The average molecular weight is 216 g/mol. The highest BCUT2D eigenvalue weighted by Crippen LogP contribution is 2.15. The van der Waals surface area contributed by atoms with Gasteiger partial charge in [0.1, 0.15) is 0 Å². The molecule has 0 aliphatic carbocycles. The lowest BCUT2D eigenvalue weighted by Gasteiger charge is -2.27. The van der Waals surface area contributed by atoms with E-state index in [0.717, 1.165) is 25.9 Å². The standard InChI is InChI=1S/C8H16N2O.2C2H6/c1-9-8(11)7-3-5-10(2)6-4-7;2*1-2/h7H,3-6H2,1-2H3,(H,9,11);2*1-2H3. The van der Waals surface area contributed by atoms with Crippen molar-refractivity contribution in [1.82, 2.24) is 10.2 Å². The van der Waals surface area contributed by atoms with Gasteiger partial charge in [0.2, 0.25) is 5.91 Å². The number of nitrogens with one attached hydrogen (secondary N) is 1. The van der Waals surface area contributed by atoms with Crippen LogP contribution >= 0.6 is 0 Å². The Bertz CT molecular complexity index is 141. The third-order valence-corrected chi connectivity index (χ3v) is 2.34. The highest BCUT2D eigenvalue weighted by Gasteiger charge is 2.21. The normalized spacial score (nSPS) is 16.7. The molecular formula is C12H28N2O. The van der Waals surface area contributed by atoms with Crippen LogP contribution in [0.3, 0.4) is 0 Å². The van der Waals surface area contributed by atoms with E-state index < -0.39 is 0 Å². The summed E-state index contributed by atoms with van der Waals surface area (Å²) in [6.07, 6.45) is 2.02. The Balaban J connectivity index is 0. The average Bonchev–Trinajstić information content (AvgIpc) is 2.34. The molecule has 0 spiro atoms. The maximum absolute atomic E-state index is 11.1. The van der Waals surface area contributed by atoms with Crippen molar-refractivity contribution in [2.45, 2.75) is 40.5 Å². The topological polar surface area (TPSA) is 32.3 Å². The predicted octanol–water partition coefficient (Wildman–Crippen LogP) is 2.13. The SMILES string of the molecule is CC.CC.CNC(=O)C1CCN(C)CC1. The van der Waals surface area contributed by atoms with E-state index in [1.165, 1.54) is 0 Å². The summed E-state index contributed by atoms with van der Waals surface area (Å²) in [4.78, 5) is 13.4. The fourth-order valence-electron chi connectivity index (χ4n) is 1.47. The van der Waals surface area contributed by atoms with E-state index in [9.17, 15) is 4.79 Å².